The Morgan fingerprint density at radius 2 is 1.84 bits per heavy atom. The number of nitrogens with zero attached hydrogens (tertiary/aromatic N) is 2. The standard InChI is InChI=1S/C18H22ClN3O2S/c19-17-6-4-16(5-7-17)14-25(23,24)21-13-15-8-11-22(12-9-15)18-3-1-2-10-20-18/h1-7,10,15,21H,8-9,11-14H2. The largest absolute Gasteiger partial charge is 0.357 e. The van der Waals surface area contributed by atoms with Crippen molar-refractivity contribution in [2.45, 2.75) is 18.6 Å². The lowest BCUT2D eigenvalue weighted by atomic mass is 9.97. The number of sulfonamides is 1. The van der Waals surface area contributed by atoms with Crippen LogP contribution < -0.4 is 9.62 Å². The molecule has 1 N–H and O–H groups in total. The van der Waals surface area contributed by atoms with E-state index in [4.69, 9.17) is 11.6 Å². The molecule has 7 heteroatoms. The molecule has 0 unspecified atom stereocenters. The normalized spacial score (nSPS) is 16.1. The number of nitrogens with one attached hydrogen (secondary N) is 1. The number of benzene rings is 1. The first kappa shape index (κ1) is 18.2. The molecule has 5 nitrogen and oxygen atoms in total. The van der Waals surface area contributed by atoms with E-state index < -0.39 is 10.0 Å². The molecule has 0 saturated carbocycles. The van der Waals surface area contributed by atoms with Crippen LogP contribution in [0, 0.1) is 5.92 Å². The van der Waals surface area contributed by atoms with Crippen LogP contribution in [0.3, 0.4) is 0 Å². The fourth-order valence-corrected chi connectivity index (χ4v) is 4.35. The molecule has 0 radical (unpaired) electrons. The number of anilines is 1. The van der Waals surface area contributed by atoms with E-state index in [1.807, 2.05) is 18.2 Å². The minimum absolute atomic E-state index is 0.0169. The van der Waals surface area contributed by atoms with Gasteiger partial charge in [0.05, 0.1) is 5.75 Å². The summed E-state index contributed by atoms with van der Waals surface area (Å²) in [6.07, 6.45) is 3.71. The van der Waals surface area contributed by atoms with Gasteiger partial charge in [0.25, 0.3) is 0 Å². The monoisotopic (exact) mass is 379 g/mol. The summed E-state index contributed by atoms with van der Waals surface area (Å²) < 4.78 is 27.2. The Bertz CT molecular complexity index is 774. The third kappa shape index (κ3) is 5.42. The van der Waals surface area contributed by atoms with Crippen molar-refractivity contribution in [3.8, 4) is 0 Å². The highest BCUT2D eigenvalue weighted by Gasteiger charge is 2.22. The van der Waals surface area contributed by atoms with Crippen molar-refractivity contribution in [3.05, 3.63) is 59.2 Å². The van der Waals surface area contributed by atoms with E-state index in [1.165, 1.54) is 0 Å². The van der Waals surface area contributed by atoms with E-state index in [0.29, 0.717) is 17.5 Å². The van der Waals surface area contributed by atoms with Crippen molar-refractivity contribution in [2.75, 3.05) is 24.5 Å². The number of hydrogen-bond donors (Lipinski definition) is 1. The van der Waals surface area contributed by atoms with Crippen LogP contribution in [0.2, 0.25) is 5.02 Å². The third-order valence-corrected chi connectivity index (χ3v) is 6.02. The lowest BCUT2D eigenvalue weighted by molar-refractivity contribution is 0.400. The van der Waals surface area contributed by atoms with E-state index in [-0.39, 0.29) is 5.75 Å². The highest BCUT2D eigenvalue weighted by molar-refractivity contribution is 7.88. The van der Waals surface area contributed by atoms with E-state index in [0.717, 1.165) is 37.3 Å². The Morgan fingerprint density at radius 1 is 1.12 bits per heavy atom. The first-order valence-corrected chi connectivity index (χ1v) is 10.4. The molecule has 1 aromatic heterocycles. The summed E-state index contributed by atoms with van der Waals surface area (Å²) in [5.74, 6) is 1.33. The molecule has 1 fully saturated rings. The van der Waals surface area contributed by atoms with Gasteiger partial charge in [0.15, 0.2) is 0 Å². The van der Waals surface area contributed by atoms with E-state index in [2.05, 4.69) is 14.6 Å². The minimum atomic E-state index is -3.33. The summed E-state index contributed by atoms with van der Waals surface area (Å²) in [4.78, 5) is 6.62. The molecule has 25 heavy (non-hydrogen) atoms. The highest BCUT2D eigenvalue weighted by atomic mass is 35.5. The molecule has 1 aliphatic rings. The van der Waals surface area contributed by atoms with Gasteiger partial charge in [-0.15, -0.1) is 0 Å². The zero-order valence-electron chi connectivity index (χ0n) is 13.9. The fourth-order valence-electron chi connectivity index (χ4n) is 3.00. The summed E-state index contributed by atoms with van der Waals surface area (Å²) in [5.41, 5.74) is 0.738. The van der Waals surface area contributed by atoms with Gasteiger partial charge in [0.1, 0.15) is 5.82 Å². The van der Waals surface area contributed by atoms with Crippen molar-refractivity contribution >= 4 is 27.4 Å². The quantitative estimate of drug-likeness (QED) is 0.837. The van der Waals surface area contributed by atoms with Gasteiger partial charge in [-0.2, -0.15) is 0 Å². The molecule has 1 aliphatic heterocycles. The smallest absolute Gasteiger partial charge is 0.215 e. The molecule has 1 saturated heterocycles. The second-order valence-electron chi connectivity index (χ2n) is 6.35. The lowest BCUT2D eigenvalue weighted by Crippen LogP contribution is -2.39. The van der Waals surface area contributed by atoms with Gasteiger partial charge in [-0.3, -0.25) is 0 Å². The van der Waals surface area contributed by atoms with Crippen LogP contribution >= 0.6 is 11.6 Å². The molecular formula is C18H22ClN3O2S. The van der Waals surface area contributed by atoms with Crippen LogP contribution in [-0.2, 0) is 15.8 Å². The predicted octanol–water partition coefficient (Wildman–Crippen LogP) is 3.07. The summed E-state index contributed by atoms with van der Waals surface area (Å²) in [7, 11) is -3.33. The van der Waals surface area contributed by atoms with Crippen LogP contribution in [0.15, 0.2) is 48.7 Å². The maximum atomic E-state index is 12.2. The Kier molecular flexibility index (Phi) is 5.93. The molecule has 134 valence electrons. The van der Waals surface area contributed by atoms with Crippen LogP contribution in [0.4, 0.5) is 5.82 Å². The Morgan fingerprint density at radius 3 is 2.48 bits per heavy atom. The number of halogens is 1. The SMILES string of the molecule is O=S(=O)(Cc1ccc(Cl)cc1)NCC1CCN(c2ccccn2)CC1. The fraction of sp³-hybridized carbons (Fsp3) is 0.389. The van der Waals surface area contributed by atoms with Crippen LogP contribution in [0.5, 0.6) is 0 Å². The average Bonchev–Trinajstić information content (AvgIpc) is 2.63. The predicted molar refractivity (Wildman–Crippen MR) is 101 cm³/mol. The van der Waals surface area contributed by atoms with E-state index in [9.17, 15) is 8.42 Å². The number of piperidine rings is 1. The van der Waals surface area contributed by atoms with Gasteiger partial charge in [-0.25, -0.2) is 18.1 Å². The van der Waals surface area contributed by atoms with Gasteiger partial charge >= 0.3 is 0 Å². The summed E-state index contributed by atoms with van der Waals surface area (Å²) in [6, 6.07) is 12.8. The number of pyridine rings is 1. The van der Waals surface area contributed by atoms with Crippen LogP contribution in [0.25, 0.3) is 0 Å². The van der Waals surface area contributed by atoms with Crippen molar-refractivity contribution in [1.29, 1.82) is 0 Å². The van der Waals surface area contributed by atoms with Gasteiger partial charge in [-0.1, -0.05) is 29.8 Å². The van der Waals surface area contributed by atoms with E-state index in [1.54, 1.807) is 30.5 Å². The molecule has 2 aromatic rings. The highest BCUT2D eigenvalue weighted by Crippen LogP contribution is 2.21. The molecule has 0 amide bonds. The summed E-state index contributed by atoms with van der Waals surface area (Å²) in [5, 5.41) is 0.605. The maximum Gasteiger partial charge on any atom is 0.215 e. The van der Waals surface area contributed by atoms with E-state index >= 15 is 0 Å². The first-order valence-electron chi connectivity index (χ1n) is 8.39. The van der Waals surface area contributed by atoms with Gasteiger partial charge < -0.3 is 4.90 Å². The van der Waals surface area contributed by atoms with Crippen molar-refractivity contribution in [3.63, 3.8) is 0 Å². The summed E-state index contributed by atoms with van der Waals surface area (Å²) >= 11 is 5.83. The van der Waals surface area contributed by atoms with Gasteiger partial charge in [0, 0.05) is 30.9 Å². The van der Waals surface area contributed by atoms with Crippen molar-refractivity contribution < 1.29 is 8.42 Å². The molecule has 0 spiro atoms. The van der Waals surface area contributed by atoms with Gasteiger partial charge in [-0.05, 0) is 48.6 Å². The van der Waals surface area contributed by atoms with Crippen molar-refractivity contribution in [1.82, 2.24) is 9.71 Å². The zero-order chi connectivity index (χ0) is 17.7. The maximum absolute atomic E-state index is 12.2. The molecule has 1 aromatic carbocycles. The van der Waals surface area contributed by atoms with Crippen LogP contribution in [0.1, 0.15) is 18.4 Å². The molecular weight excluding hydrogens is 358 g/mol. The zero-order valence-corrected chi connectivity index (χ0v) is 15.5. The van der Waals surface area contributed by atoms with Gasteiger partial charge in [0.2, 0.25) is 10.0 Å². The summed E-state index contributed by atoms with van der Waals surface area (Å²) in [6.45, 7) is 2.30. The molecule has 3 rings (SSSR count). The number of rotatable bonds is 6. The molecule has 0 atom stereocenters. The first-order chi connectivity index (χ1) is 12.0. The Labute approximate surface area is 154 Å². The minimum Gasteiger partial charge on any atom is -0.357 e. The Hall–Kier alpha value is -1.63. The second kappa shape index (κ2) is 8.17. The molecule has 0 bridgehead atoms. The van der Waals surface area contributed by atoms with Crippen molar-refractivity contribution in [2.24, 2.45) is 5.92 Å². The molecule has 2 heterocycles. The lowest BCUT2D eigenvalue weighted by Gasteiger charge is -2.32. The second-order valence-corrected chi connectivity index (χ2v) is 8.60. The topological polar surface area (TPSA) is 62.3 Å². The van der Waals surface area contributed by atoms with Crippen LogP contribution in [-0.4, -0.2) is 33.0 Å². The Balaban J connectivity index is 1.46. The molecule has 0 aliphatic carbocycles. The number of aromatic nitrogens is 1. The average molecular weight is 380 g/mol. The number of hydrogen-bond acceptors (Lipinski definition) is 4. The third-order valence-electron chi connectivity index (χ3n) is 4.45.